The molecule has 1 amide bonds. The zero-order valence-electron chi connectivity index (χ0n) is 10.3. The van der Waals surface area contributed by atoms with E-state index in [4.69, 9.17) is 0 Å². The maximum Gasteiger partial charge on any atom is 0.207 e. The second-order valence-corrected chi connectivity index (χ2v) is 3.96. The van der Waals surface area contributed by atoms with Crippen LogP contribution in [0.25, 0.3) is 0 Å². The van der Waals surface area contributed by atoms with Gasteiger partial charge >= 0.3 is 0 Å². The predicted octanol–water partition coefficient (Wildman–Crippen LogP) is 0.697. The quantitative estimate of drug-likeness (QED) is 0.433. The summed E-state index contributed by atoms with van der Waals surface area (Å²) in [4.78, 5) is 27.2. The molecular formula is C12H17N3O2. The van der Waals surface area contributed by atoms with E-state index in [1.54, 1.807) is 23.4 Å². The third-order valence-corrected chi connectivity index (χ3v) is 2.28. The monoisotopic (exact) mass is 235 g/mol. The number of carbonyl (C=O) groups excluding carboxylic acids is 2. The summed E-state index contributed by atoms with van der Waals surface area (Å²) in [5, 5.41) is 2.51. The topological polar surface area (TPSA) is 65.2 Å². The highest BCUT2D eigenvalue weighted by atomic mass is 16.1. The highest BCUT2D eigenvalue weighted by Crippen LogP contribution is 2.11. The van der Waals surface area contributed by atoms with Crippen molar-refractivity contribution in [2.45, 2.75) is 6.92 Å². The van der Waals surface area contributed by atoms with E-state index in [-0.39, 0.29) is 12.3 Å². The number of hydrogen-bond acceptors (Lipinski definition) is 3. The van der Waals surface area contributed by atoms with E-state index in [1.807, 2.05) is 21.0 Å². The Balaban J connectivity index is 2.95. The highest BCUT2D eigenvalue weighted by Gasteiger charge is 2.15. The van der Waals surface area contributed by atoms with Crippen LogP contribution in [-0.4, -0.2) is 42.7 Å². The minimum Gasteiger partial charge on any atom is -0.383 e. The Labute approximate surface area is 101 Å². The number of rotatable bonds is 6. The number of nitrogens with one attached hydrogen (secondary N) is 2. The number of ketones is 1. The van der Waals surface area contributed by atoms with Crippen molar-refractivity contribution < 1.29 is 9.59 Å². The van der Waals surface area contributed by atoms with Crippen molar-refractivity contribution in [1.29, 1.82) is 0 Å². The molecule has 92 valence electrons. The summed E-state index contributed by atoms with van der Waals surface area (Å²) in [6, 6.07) is 1.74. The van der Waals surface area contributed by atoms with Crippen LogP contribution in [0.15, 0.2) is 24.0 Å². The van der Waals surface area contributed by atoms with Crippen molar-refractivity contribution in [3.63, 3.8) is 0 Å². The lowest BCUT2D eigenvalue weighted by atomic mass is 10.0. The third-order valence-electron chi connectivity index (χ3n) is 2.28. The molecule has 1 rings (SSSR count). The van der Waals surface area contributed by atoms with E-state index in [0.717, 1.165) is 5.69 Å². The minimum atomic E-state index is -0.0770. The molecule has 0 saturated carbocycles. The van der Waals surface area contributed by atoms with Gasteiger partial charge in [0.1, 0.15) is 0 Å². The van der Waals surface area contributed by atoms with Gasteiger partial charge in [0.25, 0.3) is 0 Å². The van der Waals surface area contributed by atoms with Crippen molar-refractivity contribution in [1.82, 2.24) is 15.2 Å². The fourth-order valence-electron chi connectivity index (χ4n) is 1.52. The first-order valence-corrected chi connectivity index (χ1v) is 5.29. The van der Waals surface area contributed by atoms with Gasteiger partial charge in [0, 0.05) is 49.9 Å². The number of amides is 1. The standard InChI is InChI=1S/C12H17N3O2/c1-9-11(4-5-14-9)12(17)10(6-13-8-16)7-15(2)3/h4-5,7-8,14H,6H2,1-3H3,(H,13,16)/b10-7+. The van der Waals surface area contributed by atoms with E-state index < -0.39 is 0 Å². The number of H-pyrrole nitrogens is 1. The molecule has 0 unspecified atom stereocenters. The number of aromatic nitrogens is 1. The molecule has 0 atom stereocenters. The van der Waals surface area contributed by atoms with Crippen LogP contribution in [0.3, 0.4) is 0 Å². The van der Waals surface area contributed by atoms with Crippen molar-refractivity contribution >= 4 is 12.2 Å². The molecule has 0 aliphatic rings. The highest BCUT2D eigenvalue weighted by molar-refractivity contribution is 6.09. The second kappa shape index (κ2) is 5.89. The maximum atomic E-state index is 12.2. The van der Waals surface area contributed by atoms with Gasteiger partial charge in [0.05, 0.1) is 0 Å². The van der Waals surface area contributed by atoms with Crippen LogP contribution in [0, 0.1) is 6.92 Å². The van der Waals surface area contributed by atoms with E-state index in [0.29, 0.717) is 17.5 Å². The van der Waals surface area contributed by atoms with Gasteiger partial charge in [-0.05, 0) is 13.0 Å². The lowest BCUT2D eigenvalue weighted by Gasteiger charge is -2.10. The predicted molar refractivity (Wildman–Crippen MR) is 65.7 cm³/mol. The fraction of sp³-hybridized carbons (Fsp3) is 0.333. The van der Waals surface area contributed by atoms with Gasteiger partial charge < -0.3 is 15.2 Å². The molecule has 0 saturated heterocycles. The van der Waals surface area contributed by atoms with Gasteiger partial charge in [-0.2, -0.15) is 0 Å². The van der Waals surface area contributed by atoms with Crippen LogP contribution < -0.4 is 5.32 Å². The molecule has 5 nitrogen and oxygen atoms in total. The van der Waals surface area contributed by atoms with E-state index >= 15 is 0 Å². The van der Waals surface area contributed by atoms with Gasteiger partial charge in [-0.25, -0.2) is 0 Å². The summed E-state index contributed by atoms with van der Waals surface area (Å²) in [6.45, 7) is 2.07. The Morgan fingerprint density at radius 3 is 2.71 bits per heavy atom. The Morgan fingerprint density at radius 2 is 2.24 bits per heavy atom. The molecule has 0 bridgehead atoms. The number of aromatic amines is 1. The van der Waals surface area contributed by atoms with Crippen molar-refractivity contribution in [2.75, 3.05) is 20.6 Å². The molecule has 1 aromatic heterocycles. The zero-order valence-corrected chi connectivity index (χ0v) is 10.3. The maximum absolute atomic E-state index is 12.2. The van der Waals surface area contributed by atoms with Crippen LogP contribution >= 0.6 is 0 Å². The summed E-state index contributed by atoms with van der Waals surface area (Å²) in [5.74, 6) is -0.0770. The normalized spacial score (nSPS) is 11.1. The van der Waals surface area contributed by atoms with Gasteiger partial charge in [-0.1, -0.05) is 0 Å². The van der Waals surface area contributed by atoms with Gasteiger partial charge in [0.2, 0.25) is 6.41 Å². The Hall–Kier alpha value is -2.04. The average molecular weight is 235 g/mol. The molecule has 5 heteroatoms. The van der Waals surface area contributed by atoms with Crippen molar-refractivity contribution in [3.8, 4) is 0 Å². The minimum absolute atomic E-state index is 0.0770. The third kappa shape index (κ3) is 3.48. The summed E-state index contributed by atoms with van der Waals surface area (Å²) in [7, 11) is 3.66. The number of aryl methyl sites for hydroxylation is 1. The Bertz CT molecular complexity index is 433. The second-order valence-electron chi connectivity index (χ2n) is 3.96. The molecule has 0 aromatic carbocycles. The van der Waals surface area contributed by atoms with Crippen LogP contribution in [0.1, 0.15) is 16.1 Å². The molecule has 1 aromatic rings. The van der Waals surface area contributed by atoms with E-state index in [1.165, 1.54) is 0 Å². The van der Waals surface area contributed by atoms with Crippen LogP contribution in [0.2, 0.25) is 0 Å². The average Bonchev–Trinajstić information content (AvgIpc) is 2.69. The SMILES string of the molecule is Cc1[nH]ccc1C(=O)/C(=C/N(C)C)CNC=O. The largest absolute Gasteiger partial charge is 0.383 e. The first kappa shape index (κ1) is 13.0. The van der Waals surface area contributed by atoms with Gasteiger partial charge in [0.15, 0.2) is 5.78 Å². The first-order chi connectivity index (χ1) is 8.06. The lowest BCUT2D eigenvalue weighted by molar-refractivity contribution is -0.109. The van der Waals surface area contributed by atoms with E-state index in [2.05, 4.69) is 10.3 Å². The number of carbonyl (C=O) groups is 2. The lowest BCUT2D eigenvalue weighted by Crippen LogP contribution is -2.22. The number of nitrogens with zero attached hydrogens (tertiary/aromatic N) is 1. The zero-order chi connectivity index (χ0) is 12.8. The van der Waals surface area contributed by atoms with Crippen molar-refractivity contribution in [2.24, 2.45) is 0 Å². The van der Waals surface area contributed by atoms with Gasteiger partial charge in [-0.15, -0.1) is 0 Å². The molecule has 0 fully saturated rings. The fourth-order valence-corrected chi connectivity index (χ4v) is 1.52. The molecule has 0 aliphatic heterocycles. The molecule has 0 radical (unpaired) electrons. The molecule has 0 spiro atoms. The molecule has 1 heterocycles. The van der Waals surface area contributed by atoms with Crippen molar-refractivity contribution in [3.05, 3.63) is 35.3 Å². The van der Waals surface area contributed by atoms with Crippen LogP contribution in [0.4, 0.5) is 0 Å². The molecule has 17 heavy (non-hydrogen) atoms. The number of hydrogen-bond donors (Lipinski definition) is 2. The Kier molecular flexibility index (Phi) is 4.51. The number of Topliss-reactive ketones (excluding diaryl/α,β-unsaturated/α-hetero) is 1. The first-order valence-electron chi connectivity index (χ1n) is 5.29. The summed E-state index contributed by atoms with van der Waals surface area (Å²) >= 11 is 0. The molecule has 2 N–H and O–H groups in total. The molecule has 0 aliphatic carbocycles. The van der Waals surface area contributed by atoms with Gasteiger partial charge in [-0.3, -0.25) is 9.59 Å². The summed E-state index contributed by atoms with van der Waals surface area (Å²) in [6.07, 6.45) is 4.02. The summed E-state index contributed by atoms with van der Waals surface area (Å²) in [5.41, 5.74) is 2.00. The van der Waals surface area contributed by atoms with Crippen LogP contribution in [-0.2, 0) is 4.79 Å². The smallest absolute Gasteiger partial charge is 0.207 e. The molecular weight excluding hydrogens is 218 g/mol. The summed E-state index contributed by atoms with van der Waals surface area (Å²) < 4.78 is 0. The van der Waals surface area contributed by atoms with E-state index in [9.17, 15) is 9.59 Å². The van der Waals surface area contributed by atoms with Crippen LogP contribution in [0.5, 0.6) is 0 Å². The Morgan fingerprint density at radius 1 is 1.53 bits per heavy atom.